The molecule has 1 heterocycles. The third kappa shape index (κ3) is 3.86. The molecule has 0 bridgehead atoms. The molecule has 30 heavy (non-hydrogen) atoms. The molecule has 7 nitrogen and oxygen atoms in total. The second kappa shape index (κ2) is 8.08. The van der Waals surface area contributed by atoms with Gasteiger partial charge in [-0.2, -0.15) is 0 Å². The molecular formula is C23H18N2O5. The van der Waals surface area contributed by atoms with Gasteiger partial charge >= 0.3 is 5.63 Å². The van der Waals surface area contributed by atoms with E-state index < -0.39 is 5.63 Å². The summed E-state index contributed by atoms with van der Waals surface area (Å²) < 4.78 is 15.8. The van der Waals surface area contributed by atoms with Crippen LogP contribution >= 0.6 is 0 Å². The van der Waals surface area contributed by atoms with E-state index in [9.17, 15) is 9.59 Å². The zero-order valence-corrected chi connectivity index (χ0v) is 16.3. The van der Waals surface area contributed by atoms with Gasteiger partial charge in [0.05, 0.1) is 25.1 Å². The third-order valence-corrected chi connectivity index (χ3v) is 4.52. The van der Waals surface area contributed by atoms with Crippen molar-refractivity contribution >= 4 is 22.5 Å². The molecule has 0 fully saturated rings. The molecule has 4 aromatic rings. The van der Waals surface area contributed by atoms with Crippen LogP contribution in [0.5, 0.6) is 11.5 Å². The maximum atomic E-state index is 12.7. The molecule has 1 aromatic heterocycles. The summed E-state index contributed by atoms with van der Waals surface area (Å²) in [5.41, 5.74) is 1.55. The van der Waals surface area contributed by atoms with E-state index in [1.807, 2.05) is 0 Å². The van der Waals surface area contributed by atoms with E-state index in [2.05, 4.69) is 10.3 Å². The minimum atomic E-state index is -0.464. The predicted octanol–water partition coefficient (Wildman–Crippen LogP) is 4.12. The normalized spacial score (nSPS) is 10.6. The van der Waals surface area contributed by atoms with E-state index in [-0.39, 0.29) is 11.8 Å². The van der Waals surface area contributed by atoms with Crippen LogP contribution in [0.15, 0.2) is 75.9 Å². The second-order valence-electron chi connectivity index (χ2n) is 6.46. The smallest absolute Gasteiger partial charge is 0.347 e. The monoisotopic (exact) mass is 402 g/mol. The number of nitrogens with zero attached hydrogens (tertiary/aromatic N) is 1. The first-order chi connectivity index (χ1) is 14.6. The van der Waals surface area contributed by atoms with Crippen molar-refractivity contribution in [2.75, 3.05) is 19.5 Å². The van der Waals surface area contributed by atoms with E-state index in [0.717, 1.165) is 0 Å². The number of hydrogen-bond donors (Lipinski definition) is 1. The van der Waals surface area contributed by atoms with Crippen molar-refractivity contribution in [1.82, 2.24) is 4.98 Å². The largest absolute Gasteiger partial charge is 0.497 e. The second-order valence-corrected chi connectivity index (χ2v) is 6.46. The summed E-state index contributed by atoms with van der Waals surface area (Å²) in [6.07, 6.45) is 0. The van der Waals surface area contributed by atoms with Crippen LogP contribution in [-0.2, 0) is 0 Å². The number of ether oxygens (including phenoxy) is 2. The van der Waals surface area contributed by atoms with Gasteiger partial charge in [-0.1, -0.05) is 18.2 Å². The number of amides is 1. The summed E-state index contributed by atoms with van der Waals surface area (Å²) in [6.45, 7) is 0. The van der Waals surface area contributed by atoms with E-state index in [1.54, 1.807) is 66.7 Å². The van der Waals surface area contributed by atoms with Gasteiger partial charge in [-0.15, -0.1) is 0 Å². The fourth-order valence-corrected chi connectivity index (χ4v) is 3.01. The minimum absolute atomic E-state index is 0.179. The van der Waals surface area contributed by atoms with Gasteiger partial charge in [0.15, 0.2) is 0 Å². The number of anilines is 1. The molecule has 1 amide bonds. The summed E-state index contributed by atoms with van der Waals surface area (Å²) in [6, 6.07) is 18.8. The molecule has 3 aromatic carbocycles. The minimum Gasteiger partial charge on any atom is -0.497 e. The maximum Gasteiger partial charge on any atom is 0.347 e. The van der Waals surface area contributed by atoms with Crippen molar-refractivity contribution in [3.8, 4) is 23.0 Å². The molecule has 0 spiro atoms. The molecule has 0 aliphatic carbocycles. The van der Waals surface area contributed by atoms with Crippen LogP contribution in [0, 0.1) is 0 Å². The van der Waals surface area contributed by atoms with Gasteiger partial charge in [0.25, 0.3) is 5.91 Å². The Labute approximate surface area is 171 Å². The Hall–Kier alpha value is -4.13. The molecular weight excluding hydrogens is 384 g/mol. The number of nitrogens with one attached hydrogen (secondary N) is 1. The van der Waals surface area contributed by atoms with Gasteiger partial charge in [-0.25, -0.2) is 9.78 Å². The summed E-state index contributed by atoms with van der Waals surface area (Å²) in [5.74, 6) is 0.862. The molecule has 0 aliphatic heterocycles. The Bertz CT molecular complexity index is 1270. The Morgan fingerprint density at radius 1 is 0.933 bits per heavy atom. The van der Waals surface area contributed by atoms with Gasteiger partial charge in [0.2, 0.25) is 5.89 Å². The maximum absolute atomic E-state index is 12.7. The number of aromatic nitrogens is 1. The van der Waals surface area contributed by atoms with Crippen LogP contribution in [-0.4, -0.2) is 25.1 Å². The Balaban J connectivity index is 1.65. The molecule has 0 atom stereocenters. The third-order valence-electron chi connectivity index (χ3n) is 4.52. The standard InChI is InChI=1S/C23H18N2O5/c1-28-17-11-15(12-18(13-17)29-2)21(26)24-16-7-5-6-14(10-16)22-25-20-9-4-3-8-19(20)23(27)30-22/h3-13H,1-2H3,(H,24,26). The zero-order chi connectivity index (χ0) is 21.1. The van der Waals surface area contributed by atoms with Crippen molar-refractivity contribution in [2.24, 2.45) is 0 Å². The van der Waals surface area contributed by atoms with E-state index >= 15 is 0 Å². The number of benzene rings is 3. The first-order valence-electron chi connectivity index (χ1n) is 9.12. The Kier molecular flexibility index (Phi) is 5.17. The predicted molar refractivity (Wildman–Crippen MR) is 113 cm³/mol. The molecule has 150 valence electrons. The lowest BCUT2D eigenvalue weighted by Gasteiger charge is -2.10. The molecule has 0 radical (unpaired) electrons. The molecule has 0 saturated heterocycles. The molecule has 0 saturated carbocycles. The number of para-hydroxylation sites is 1. The van der Waals surface area contributed by atoms with Gasteiger partial charge in [-0.05, 0) is 42.5 Å². The van der Waals surface area contributed by atoms with Crippen molar-refractivity contribution in [3.05, 3.63) is 82.7 Å². The van der Waals surface area contributed by atoms with Crippen LogP contribution in [0.2, 0.25) is 0 Å². The van der Waals surface area contributed by atoms with Crippen molar-refractivity contribution in [1.29, 1.82) is 0 Å². The summed E-state index contributed by atoms with van der Waals surface area (Å²) in [7, 11) is 3.04. The number of rotatable bonds is 5. The lowest BCUT2D eigenvalue weighted by molar-refractivity contribution is 0.102. The average molecular weight is 402 g/mol. The molecule has 0 unspecified atom stereocenters. The molecule has 7 heteroatoms. The van der Waals surface area contributed by atoms with Gasteiger partial charge in [-0.3, -0.25) is 4.79 Å². The number of carbonyl (C=O) groups excluding carboxylic acids is 1. The quantitative estimate of drug-likeness (QED) is 0.540. The summed E-state index contributed by atoms with van der Waals surface area (Å²) in [4.78, 5) is 29.4. The van der Waals surface area contributed by atoms with Crippen molar-refractivity contribution in [3.63, 3.8) is 0 Å². The lowest BCUT2D eigenvalue weighted by Crippen LogP contribution is -2.12. The fraction of sp³-hybridized carbons (Fsp3) is 0.0870. The Morgan fingerprint density at radius 2 is 1.67 bits per heavy atom. The lowest BCUT2D eigenvalue weighted by atomic mass is 10.1. The SMILES string of the molecule is COc1cc(OC)cc(C(=O)Nc2cccc(-c3nc4ccccc4c(=O)o3)c2)c1. The number of carbonyl (C=O) groups is 1. The highest BCUT2D eigenvalue weighted by Crippen LogP contribution is 2.25. The van der Waals surface area contributed by atoms with Gasteiger partial charge in [0, 0.05) is 22.9 Å². The van der Waals surface area contributed by atoms with Gasteiger partial charge in [0.1, 0.15) is 11.5 Å². The van der Waals surface area contributed by atoms with Crippen molar-refractivity contribution in [2.45, 2.75) is 0 Å². The number of hydrogen-bond acceptors (Lipinski definition) is 6. The van der Waals surface area contributed by atoms with Crippen LogP contribution in [0.25, 0.3) is 22.4 Å². The Morgan fingerprint density at radius 3 is 2.40 bits per heavy atom. The summed E-state index contributed by atoms with van der Waals surface area (Å²) in [5, 5.41) is 3.24. The highest BCUT2D eigenvalue weighted by Gasteiger charge is 2.12. The zero-order valence-electron chi connectivity index (χ0n) is 16.3. The van der Waals surface area contributed by atoms with E-state index in [4.69, 9.17) is 13.9 Å². The van der Waals surface area contributed by atoms with Gasteiger partial charge < -0.3 is 19.2 Å². The highest BCUT2D eigenvalue weighted by atomic mass is 16.5. The summed E-state index contributed by atoms with van der Waals surface area (Å²) >= 11 is 0. The van der Waals surface area contributed by atoms with Crippen LogP contribution < -0.4 is 20.4 Å². The highest BCUT2D eigenvalue weighted by molar-refractivity contribution is 6.05. The molecule has 1 N–H and O–H groups in total. The fourth-order valence-electron chi connectivity index (χ4n) is 3.01. The van der Waals surface area contributed by atoms with Crippen LogP contribution in [0.1, 0.15) is 10.4 Å². The number of fused-ring (bicyclic) bond motifs is 1. The molecule has 0 aliphatic rings. The molecule has 4 rings (SSSR count). The van der Waals surface area contributed by atoms with Crippen LogP contribution in [0.4, 0.5) is 5.69 Å². The topological polar surface area (TPSA) is 90.7 Å². The van der Waals surface area contributed by atoms with Crippen molar-refractivity contribution < 1.29 is 18.7 Å². The average Bonchev–Trinajstić information content (AvgIpc) is 2.78. The number of methoxy groups -OCH3 is 2. The first kappa shape index (κ1) is 19.2. The van der Waals surface area contributed by atoms with E-state index in [0.29, 0.717) is 39.2 Å². The van der Waals surface area contributed by atoms with E-state index in [1.165, 1.54) is 14.2 Å². The van der Waals surface area contributed by atoms with Crippen LogP contribution in [0.3, 0.4) is 0 Å². The first-order valence-corrected chi connectivity index (χ1v) is 9.12.